The van der Waals surface area contributed by atoms with Gasteiger partial charge >= 0.3 is 0 Å². The van der Waals surface area contributed by atoms with Crippen LogP contribution in [0.2, 0.25) is 0 Å². The van der Waals surface area contributed by atoms with Crippen molar-refractivity contribution in [2.45, 2.75) is 44.3 Å². The first-order valence-corrected chi connectivity index (χ1v) is 11.0. The zero-order chi connectivity index (χ0) is 20.0. The van der Waals surface area contributed by atoms with E-state index in [-0.39, 0.29) is 10.9 Å². The molecule has 0 N–H and O–H groups in total. The fourth-order valence-corrected chi connectivity index (χ4v) is 4.42. The van der Waals surface area contributed by atoms with Crippen LogP contribution in [0.5, 0.6) is 0 Å². The van der Waals surface area contributed by atoms with Gasteiger partial charge in [0, 0.05) is 38.7 Å². The number of sulfone groups is 1. The highest BCUT2D eigenvalue weighted by atomic mass is 32.2. The molecule has 0 amide bonds. The molecule has 150 valence electrons. The zero-order valence-corrected chi connectivity index (χ0v) is 17.0. The first kappa shape index (κ1) is 20.3. The number of rotatable bonds is 10. The van der Waals surface area contributed by atoms with Gasteiger partial charge in [0.2, 0.25) is 15.0 Å². The minimum atomic E-state index is -3.42. The largest absolute Gasteiger partial charge is 0.384 e. The van der Waals surface area contributed by atoms with Crippen molar-refractivity contribution in [1.29, 1.82) is 0 Å². The predicted octanol–water partition coefficient (Wildman–Crippen LogP) is 2.36. The second-order valence-electron chi connectivity index (χ2n) is 6.66. The Hall–Kier alpha value is -2.39. The quantitative estimate of drug-likeness (QED) is 0.378. The van der Waals surface area contributed by atoms with Crippen LogP contribution in [0, 0.1) is 6.92 Å². The summed E-state index contributed by atoms with van der Waals surface area (Å²) in [6, 6.07) is 1.60. The number of unbranched alkanes of at least 4 members (excludes halogenated alkanes) is 2. The second kappa shape index (κ2) is 9.20. The van der Waals surface area contributed by atoms with E-state index in [9.17, 15) is 8.42 Å². The number of pyridine rings is 1. The lowest BCUT2D eigenvalue weighted by Crippen LogP contribution is -2.11. The van der Waals surface area contributed by atoms with Crippen LogP contribution in [0.4, 0.5) is 0 Å². The molecule has 9 heteroatoms. The molecule has 0 radical (unpaired) electrons. The van der Waals surface area contributed by atoms with E-state index in [1.807, 2.05) is 13.1 Å². The third kappa shape index (κ3) is 4.71. The van der Waals surface area contributed by atoms with Gasteiger partial charge in [0.1, 0.15) is 11.3 Å². The molecule has 0 aliphatic carbocycles. The Morgan fingerprint density at radius 1 is 1.11 bits per heavy atom. The minimum Gasteiger partial charge on any atom is -0.384 e. The number of aryl methyl sites for hydroxylation is 2. The number of ether oxygens (including phenoxy) is 1. The lowest BCUT2D eigenvalue weighted by Gasteiger charge is -2.10. The number of methoxy groups -OCH3 is 1. The first-order valence-electron chi connectivity index (χ1n) is 9.31. The van der Waals surface area contributed by atoms with Crippen LogP contribution in [-0.2, 0) is 27.5 Å². The van der Waals surface area contributed by atoms with Gasteiger partial charge in [-0.25, -0.2) is 23.4 Å². The van der Waals surface area contributed by atoms with Crippen molar-refractivity contribution >= 4 is 20.9 Å². The van der Waals surface area contributed by atoms with Gasteiger partial charge in [0.15, 0.2) is 0 Å². The molecule has 3 rings (SSSR count). The summed E-state index contributed by atoms with van der Waals surface area (Å²) >= 11 is 0. The van der Waals surface area contributed by atoms with E-state index in [2.05, 4.69) is 19.5 Å². The van der Waals surface area contributed by atoms with Crippen molar-refractivity contribution in [2.75, 3.05) is 19.5 Å². The van der Waals surface area contributed by atoms with Gasteiger partial charge in [-0.3, -0.25) is 4.98 Å². The summed E-state index contributed by atoms with van der Waals surface area (Å²) in [4.78, 5) is 16.6. The average molecular weight is 404 g/mol. The molecule has 0 unspecified atom stereocenters. The summed E-state index contributed by atoms with van der Waals surface area (Å²) < 4.78 is 31.9. The fourth-order valence-electron chi connectivity index (χ4n) is 3.21. The predicted molar refractivity (Wildman–Crippen MR) is 106 cm³/mol. The van der Waals surface area contributed by atoms with E-state index in [1.165, 1.54) is 12.4 Å². The van der Waals surface area contributed by atoms with Gasteiger partial charge < -0.3 is 9.30 Å². The Morgan fingerprint density at radius 3 is 2.64 bits per heavy atom. The molecule has 0 bridgehead atoms. The molecule has 3 heterocycles. The number of hydrogen-bond acceptors (Lipinski definition) is 7. The smallest absolute Gasteiger partial charge is 0.246 e. The number of nitrogens with zero attached hydrogens (tertiary/aromatic N) is 5. The Bertz CT molecular complexity index is 1020. The second-order valence-corrected chi connectivity index (χ2v) is 8.66. The zero-order valence-electron chi connectivity index (χ0n) is 16.2. The molecule has 0 saturated heterocycles. The van der Waals surface area contributed by atoms with Crippen LogP contribution in [0.1, 0.15) is 30.7 Å². The number of hydrogen-bond donors (Lipinski definition) is 0. The van der Waals surface area contributed by atoms with E-state index >= 15 is 0 Å². The molecule has 0 aromatic carbocycles. The maximum absolute atomic E-state index is 12.3. The Labute approximate surface area is 164 Å². The maximum atomic E-state index is 12.3. The summed E-state index contributed by atoms with van der Waals surface area (Å²) in [6.45, 7) is 3.41. The summed E-state index contributed by atoms with van der Waals surface area (Å²) in [7, 11) is -1.74. The van der Waals surface area contributed by atoms with Gasteiger partial charge in [0.25, 0.3) is 0 Å². The van der Waals surface area contributed by atoms with E-state index in [0.29, 0.717) is 13.0 Å². The monoisotopic (exact) mass is 403 g/mol. The molecule has 0 aliphatic rings. The molecular weight excluding hydrogens is 378 g/mol. The number of fused-ring (bicyclic) bond motifs is 1. The van der Waals surface area contributed by atoms with Gasteiger partial charge in [-0.1, -0.05) is 6.42 Å². The van der Waals surface area contributed by atoms with Gasteiger partial charge in [-0.15, -0.1) is 0 Å². The van der Waals surface area contributed by atoms with Crippen molar-refractivity contribution in [3.05, 3.63) is 42.2 Å². The molecule has 0 saturated carbocycles. The molecule has 3 aromatic heterocycles. The standard InChI is InChI=1S/C19H25N5O3S/c1-15-13-20-14-16-18(15)24(17(23-16)7-11-27-2)10-4-3-5-12-28(25,26)19-21-8-6-9-22-19/h6,8-9,13-14H,3-5,7,10-12H2,1-2H3. The Kier molecular flexibility index (Phi) is 6.69. The normalized spacial score (nSPS) is 11.9. The van der Waals surface area contributed by atoms with Crippen LogP contribution >= 0.6 is 0 Å². The van der Waals surface area contributed by atoms with Crippen molar-refractivity contribution in [1.82, 2.24) is 24.5 Å². The minimum absolute atomic E-state index is 0.0567. The van der Waals surface area contributed by atoms with Crippen LogP contribution in [0.3, 0.4) is 0 Å². The molecule has 0 fully saturated rings. The molecule has 0 atom stereocenters. The number of imidazole rings is 1. The van der Waals surface area contributed by atoms with Gasteiger partial charge in [0.05, 0.1) is 24.1 Å². The van der Waals surface area contributed by atoms with E-state index in [1.54, 1.807) is 19.4 Å². The van der Waals surface area contributed by atoms with E-state index < -0.39 is 9.84 Å². The molecule has 0 spiro atoms. The van der Waals surface area contributed by atoms with Crippen molar-refractivity contribution in [3.8, 4) is 0 Å². The third-order valence-corrected chi connectivity index (χ3v) is 6.15. The van der Waals surface area contributed by atoms with Crippen molar-refractivity contribution in [2.24, 2.45) is 0 Å². The first-order chi connectivity index (χ1) is 13.5. The molecule has 28 heavy (non-hydrogen) atoms. The van der Waals surface area contributed by atoms with Crippen molar-refractivity contribution < 1.29 is 13.2 Å². The van der Waals surface area contributed by atoms with Crippen LogP contribution in [-0.4, -0.2) is 52.4 Å². The maximum Gasteiger partial charge on any atom is 0.246 e. The third-order valence-electron chi connectivity index (χ3n) is 4.56. The van der Waals surface area contributed by atoms with E-state index in [4.69, 9.17) is 9.72 Å². The highest BCUT2D eigenvalue weighted by Gasteiger charge is 2.17. The molecule has 0 aliphatic heterocycles. The topological polar surface area (TPSA) is 99.9 Å². The number of aromatic nitrogens is 5. The summed E-state index contributed by atoms with van der Waals surface area (Å²) in [5.41, 5.74) is 3.05. The SMILES string of the molecule is COCCc1nc2cncc(C)c2n1CCCCCS(=O)(=O)c1ncccn1. The average Bonchev–Trinajstić information content (AvgIpc) is 3.05. The van der Waals surface area contributed by atoms with Crippen molar-refractivity contribution in [3.63, 3.8) is 0 Å². The molecule has 8 nitrogen and oxygen atoms in total. The summed E-state index contributed by atoms with van der Waals surface area (Å²) in [5.74, 6) is 1.03. The van der Waals surface area contributed by atoms with Crippen LogP contribution in [0.25, 0.3) is 11.0 Å². The van der Waals surface area contributed by atoms with E-state index in [0.717, 1.165) is 48.2 Å². The Balaban J connectivity index is 1.62. The van der Waals surface area contributed by atoms with Gasteiger partial charge in [-0.05, 0) is 31.4 Å². The highest BCUT2D eigenvalue weighted by molar-refractivity contribution is 7.91. The molecular formula is C19H25N5O3S. The van der Waals surface area contributed by atoms with Crippen LogP contribution < -0.4 is 0 Å². The lowest BCUT2D eigenvalue weighted by atomic mass is 10.2. The Morgan fingerprint density at radius 2 is 1.89 bits per heavy atom. The van der Waals surface area contributed by atoms with Gasteiger partial charge in [-0.2, -0.15) is 0 Å². The van der Waals surface area contributed by atoms with Crippen LogP contribution in [0.15, 0.2) is 36.0 Å². The summed E-state index contributed by atoms with van der Waals surface area (Å²) in [6.07, 6.45) is 9.46. The fraction of sp³-hybridized carbons (Fsp3) is 0.474. The molecule has 3 aromatic rings. The summed E-state index contributed by atoms with van der Waals surface area (Å²) in [5, 5.41) is -0.0967. The lowest BCUT2D eigenvalue weighted by molar-refractivity contribution is 0.199. The highest BCUT2D eigenvalue weighted by Crippen LogP contribution is 2.20.